The first-order chi connectivity index (χ1) is 19.5. The molecule has 0 radical (unpaired) electrons. The molecule has 9 heteroatoms. The number of hydrogen-bond donors (Lipinski definition) is 1. The number of nitrogen functional groups attached to an aromatic ring is 1. The van der Waals surface area contributed by atoms with Crippen LogP contribution in [0.5, 0.6) is 11.5 Å². The monoisotopic (exact) mass is 537 g/mol. The SMILES string of the molecule is COc1ccccc1COc1cccc(-c2cc3c(-c4cnn(C5CCN(C(C)=O)CC5)c4)cnc(N)c3o2)c1. The number of furan rings is 1. The highest BCUT2D eigenvalue weighted by Gasteiger charge is 2.23. The van der Waals surface area contributed by atoms with Crippen LogP contribution in [0, 0.1) is 0 Å². The van der Waals surface area contributed by atoms with E-state index < -0.39 is 0 Å². The maximum absolute atomic E-state index is 11.7. The van der Waals surface area contributed by atoms with E-state index in [1.165, 1.54) is 0 Å². The van der Waals surface area contributed by atoms with E-state index in [4.69, 9.17) is 19.6 Å². The Bertz CT molecular complexity index is 1670. The fourth-order valence-electron chi connectivity index (χ4n) is 5.26. The average Bonchev–Trinajstić information content (AvgIpc) is 3.66. The Labute approximate surface area is 232 Å². The number of anilines is 1. The molecule has 4 heterocycles. The van der Waals surface area contributed by atoms with Crippen LogP contribution in [-0.4, -0.2) is 45.8 Å². The summed E-state index contributed by atoms with van der Waals surface area (Å²) < 4.78 is 19.7. The minimum absolute atomic E-state index is 0.124. The predicted molar refractivity (Wildman–Crippen MR) is 153 cm³/mol. The second kappa shape index (κ2) is 10.8. The standard InChI is InChI=1S/C31H31N5O4/c1-20(37)35-12-10-24(11-13-35)36-18-23(16-34-36)27-17-33-31(32)30-26(27)15-29(40-30)21-7-5-8-25(14-21)39-19-22-6-3-4-9-28(22)38-2/h3-9,14-18,24H,10-13,19H2,1-2H3,(H2,32,33). The summed E-state index contributed by atoms with van der Waals surface area (Å²) in [5.74, 6) is 2.63. The number of hydrogen-bond acceptors (Lipinski definition) is 7. The fraction of sp³-hybridized carbons (Fsp3) is 0.258. The molecule has 5 aromatic rings. The Morgan fingerprint density at radius 1 is 1.07 bits per heavy atom. The fourth-order valence-corrected chi connectivity index (χ4v) is 5.26. The molecule has 0 atom stereocenters. The van der Waals surface area contributed by atoms with Gasteiger partial charge < -0.3 is 24.5 Å². The Morgan fingerprint density at radius 2 is 1.90 bits per heavy atom. The number of nitrogens with zero attached hydrogens (tertiary/aromatic N) is 4. The van der Waals surface area contributed by atoms with E-state index >= 15 is 0 Å². The van der Waals surface area contributed by atoms with Crippen LogP contribution in [0.4, 0.5) is 5.82 Å². The van der Waals surface area contributed by atoms with Crippen molar-refractivity contribution in [2.24, 2.45) is 0 Å². The van der Waals surface area contributed by atoms with Crippen molar-refractivity contribution in [2.75, 3.05) is 25.9 Å². The van der Waals surface area contributed by atoms with Gasteiger partial charge in [0.25, 0.3) is 0 Å². The van der Waals surface area contributed by atoms with Gasteiger partial charge in [-0.2, -0.15) is 5.10 Å². The van der Waals surface area contributed by atoms with Crippen molar-refractivity contribution < 1.29 is 18.7 Å². The number of ether oxygens (including phenoxy) is 2. The van der Waals surface area contributed by atoms with Crippen LogP contribution >= 0.6 is 0 Å². The molecule has 204 valence electrons. The van der Waals surface area contributed by atoms with Gasteiger partial charge in [-0.05, 0) is 37.1 Å². The molecule has 6 rings (SSSR count). The molecule has 1 amide bonds. The number of piperidine rings is 1. The molecule has 2 N–H and O–H groups in total. The molecule has 9 nitrogen and oxygen atoms in total. The zero-order valence-electron chi connectivity index (χ0n) is 22.5. The van der Waals surface area contributed by atoms with Crippen molar-refractivity contribution in [3.05, 3.63) is 78.8 Å². The van der Waals surface area contributed by atoms with E-state index in [-0.39, 0.29) is 11.9 Å². The molecule has 1 saturated heterocycles. The van der Waals surface area contributed by atoms with Crippen molar-refractivity contribution in [3.63, 3.8) is 0 Å². The minimum atomic E-state index is 0.124. The number of carbonyl (C=O) groups is 1. The van der Waals surface area contributed by atoms with Gasteiger partial charge in [0.05, 0.1) is 19.3 Å². The largest absolute Gasteiger partial charge is 0.496 e. The molecular weight excluding hydrogens is 506 g/mol. The smallest absolute Gasteiger partial charge is 0.219 e. The third-order valence-corrected chi connectivity index (χ3v) is 7.49. The predicted octanol–water partition coefficient (Wildman–Crippen LogP) is 5.71. The van der Waals surface area contributed by atoms with Crippen LogP contribution in [0.1, 0.15) is 31.4 Å². The maximum Gasteiger partial charge on any atom is 0.219 e. The molecule has 1 aliphatic heterocycles. The van der Waals surface area contributed by atoms with Crippen LogP contribution in [0.2, 0.25) is 0 Å². The zero-order chi connectivity index (χ0) is 27.6. The van der Waals surface area contributed by atoms with E-state index in [0.717, 1.165) is 59.3 Å². The topological polar surface area (TPSA) is 109 Å². The van der Waals surface area contributed by atoms with Gasteiger partial charge in [-0.25, -0.2) is 4.98 Å². The number of fused-ring (bicyclic) bond motifs is 1. The molecule has 0 unspecified atom stereocenters. The number of benzene rings is 2. The van der Waals surface area contributed by atoms with E-state index in [1.807, 2.05) is 76.6 Å². The second-order valence-corrected chi connectivity index (χ2v) is 9.99. The summed E-state index contributed by atoms with van der Waals surface area (Å²) in [7, 11) is 1.65. The van der Waals surface area contributed by atoms with E-state index in [9.17, 15) is 4.79 Å². The molecule has 0 spiro atoms. The quantitative estimate of drug-likeness (QED) is 0.283. The van der Waals surface area contributed by atoms with Crippen molar-refractivity contribution >= 4 is 22.7 Å². The van der Waals surface area contributed by atoms with Gasteiger partial charge in [0.2, 0.25) is 5.91 Å². The molecule has 0 bridgehead atoms. The number of para-hydroxylation sites is 1. The zero-order valence-corrected chi connectivity index (χ0v) is 22.5. The highest BCUT2D eigenvalue weighted by molar-refractivity contribution is 6.00. The van der Waals surface area contributed by atoms with Crippen molar-refractivity contribution in [3.8, 4) is 33.9 Å². The Balaban J connectivity index is 1.25. The van der Waals surface area contributed by atoms with Crippen molar-refractivity contribution in [1.82, 2.24) is 19.7 Å². The first-order valence-electron chi connectivity index (χ1n) is 13.3. The first-order valence-corrected chi connectivity index (χ1v) is 13.3. The molecule has 0 aliphatic carbocycles. The molecule has 1 fully saturated rings. The number of pyridine rings is 1. The third kappa shape index (κ3) is 4.98. The van der Waals surface area contributed by atoms with Crippen molar-refractivity contribution in [2.45, 2.75) is 32.4 Å². The summed E-state index contributed by atoms with van der Waals surface area (Å²) in [6, 6.07) is 17.8. The Hall–Kier alpha value is -4.79. The highest BCUT2D eigenvalue weighted by Crippen LogP contribution is 2.38. The van der Waals surface area contributed by atoms with Crippen LogP contribution in [0.25, 0.3) is 33.4 Å². The molecule has 40 heavy (non-hydrogen) atoms. The molecule has 1 aliphatic rings. The lowest BCUT2D eigenvalue weighted by atomic mass is 10.0. The summed E-state index contributed by atoms with van der Waals surface area (Å²) in [4.78, 5) is 18.0. The van der Waals surface area contributed by atoms with Gasteiger partial charge in [0.1, 0.15) is 23.9 Å². The van der Waals surface area contributed by atoms with Gasteiger partial charge in [-0.3, -0.25) is 9.48 Å². The van der Waals surface area contributed by atoms with Gasteiger partial charge in [0.15, 0.2) is 11.4 Å². The summed E-state index contributed by atoms with van der Waals surface area (Å²) in [6.45, 7) is 3.49. The summed E-state index contributed by atoms with van der Waals surface area (Å²) >= 11 is 0. The summed E-state index contributed by atoms with van der Waals surface area (Å²) in [5, 5.41) is 5.52. The normalized spacial score (nSPS) is 14.0. The first kappa shape index (κ1) is 25.5. The molecule has 0 saturated carbocycles. The lowest BCUT2D eigenvalue weighted by molar-refractivity contribution is -0.130. The van der Waals surface area contributed by atoms with E-state index in [0.29, 0.717) is 29.5 Å². The Kier molecular flexibility index (Phi) is 6.86. The van der Waals surface area contributed by atoms with Gasteiger partial charge >= 0.3 is 0 Å². The number of rotatable bonds is 7. The number of methoxy groups -OCH3 is 1. The number of likely N-dealkylation sites (tertiary alicyclic amines) is 1. The van der Waals surface area contributed by atoms with E-state index in [2.05, 4.69) is 10.1 Å². The van der Waals surface area contributed by atoms with Gasteiger partial charge in [-0.1, -0.05) is 30.3 Å². The third-order valence-electron chi connectivity index (χ3n) is 7.49. The summed E-state index contributed by atoms with van der Waals surface area (Å²) in [5.41, 5.74) is 10.4. The molecular formula is C31H31N5O4. The number of amides is 1. The second-order valence-electron chi connectivity index (χ2n) is 9.99. The van der Waals surface area contributed by atoms with Crippen LogP contribution < -0.4 is 15.2 Å². The lowest BCUT2D eigenvalue weighted by Crippen LogP contribution is -2.37. The van der Waals surface area contributed by atoms with Crippen LogP contribution in [-0.2, 0) is 11.4 Å². The summed E-state index contributed by atoms with van der Waals surface area (Å²) in [6.07, 6.45) is 7.41. The Morgan fingerprint density at radius 3 is 2.70 bits per heavy atom. The minimum Gasteiger partial charge on any atom is -0.496 e. The number of nitrogens with two attached hydrogens (primary N) is 1. The number of carbonyl (C=O) groups excluding carboxylic acids is 1. The molecule has 2 aromatic carbocycles. The average molecular weight is 538 g/mol. The van der Waals surface area contributed by atoms with Crippen LogP contribution in [0.15, 0.2) is 77.6 Å². The number of aromatic nitrogens is 3. The van der Waals surface area contributed by atoms with Gasteiger partial charge in [0, 0.05) is 60.0 Å². The molecule has 3 aromatic heterocycles. The van der Waals surface area contributed by atoms with Crippen LogP contribution in [0.3, 0.4) is 0 Å². The van der Waals surface area contributed by atoms with E-state index in [1.54, 1.807) is 20.2 Å². The van der Waals surface area contributed by atoms with Gasteiger partial charge in [-0.15, -0.1) is 0 Å². The maximum atomic E-state index is 11.7. The van der Waals surface area contributed by atoms with Crippen molar-refractivity contribution in [1.29, 1.82) is 0 Å². The highest BCUT2D eigenvalue weighted by atomic mass is 16.5. The lowest BCUT2D eigenvalue weighted by Gasteiger charge is -2.31.